The Kier molecular flexibility index (Phi) is 2.46. The standard InChI is InChI=1S/C6H3BrClNO2/c7-5-4(6(10)11)1-3(8)2-9-5/h1-2H,(H,10,11)/p-1. The van der Waals surface area contributed by atoms with Gasteiger partial charge in [0.2, 0.25) is 0 Å². The Morgan fingerprint density at radius 2 is 2.36 bits per heavy atom. The molecule has 58 valence electrons. The normalized spacial score (nSPS) is 9.64. The van der Waals surface area contributed by atoms with E-state index in [2.05, 4.69) is 20.9 Å². The van der Waals surface area contributed by atoms with Crippen molar-refractivity contribution in [2.45, 2.75) is 0 Å². The van der Waals surface area contributed by atoms with E-state index in [0.29, 0.717) is 0 Å². The van der Waals surface area contributed by atoms with Gasteiger partial charge in [-0.3, -0.25) is 0 Å². The molecule has 5 heteroatoms. The van der Waals surface area contributed by atoms with Crippen molar-refractivity contribution in [3.05, 3.63) is 27.5 Å². The molecule has 0 unspecified atom stereocenters. The van der Waals surface area contributed by atoms with Gasteiger partial charge in [0.25, 0.3) is 0 Å². The van der Waals surface area contributed by atoms with E-state index < -0.39 is 5.97 Å². The Bertz CT molecular complexity index is 303. The second-order valence-corrected chi connectivity index (χ2v) is 2.97. The van der Waals surface area contributed by atoms with Crippen LogP contribution in [0.3, 0.4) is 0 Å². The first-order chi connectivity index (χ1) is 5.11. The number of aromatic nitrogens is 1. The number of carboxylic acid groups (broad SMARTS) is 1. The highest BCUT2D eigenvalue weighted by molar-refractivity contribution is 9.10. The van der Waals surface area contributed by atoms with Gasteiger partial charge in [0.05, 0.1) is 11.0 Å². The van der Waals surface area contributed by atoms with Crippen LogP contribution in [0, 0.1) is 0 Å². The zero-order chi connectivity index (χ0) is 8.43. The lowest BCUT2D eigenvalue weighted by Crippen LogP contribution is -2.22. The number of nitrogens with zero attached hydrogens (tertiary/aromatic N) is 1. The molecule has 0 aliphatic rings. The van der Waals surface area contributed by atoms with Gasteiger partial charge in [0.1, 0.15) is 4.60 Å². The molecule has 0 aliphatic heterocycles. The Labute approximate surface area is 76.1 Å². The van der Waals surface area contributed by atoms with Crippen molar-refractivity contribution >= 4 is 33.5 Å². The predicted octanol–water partition coefficient (Wildman–Crippen LogP) is 0.861. The lowest BCUT2D eigenvalue weighted by molar-refractivity contribution is -0.255. The van der Waals surface area contributed by atoms with Gasteiger partial charge in [-0.05, 0) is 22.0 Å². The minimum absolute atomic E-state index is 0.0440. The van der Waals surface area contributed by atoms with Crippen molar-refractivity contribution in [3.63, 3.8) is 0 Å². The van der Waals surface area contributed by atoms with E-state index in [0.717, 1.165) is 0 Å². The summed E-state index contributed by atoms with van der Waals surface area (Å²) in [5, 5.41) is 10.6. The number of rotatable bonds is 1. The van der Waals surface area contributed by atoms with E-state index >= 15 is 0 Å². The Balaban J connectivity index is 3.23. The van der Waals surface area contributed by atoms with Gasteiger partial charge >= 0.3 is 0 Å². The molecule has 1 aromatic rings. The Hall–Kier alpha value is -0.610. The molecule has 0 fully saturated rings. The summed E-state index contributed by atoms with van der Waals surface area (Å²) < 4.78 is 0.224. The molecular formula is C6H2BrClNO2-. The van der Waals surface area contributed by atoms with Crippen molar-refractivity contribution in [1.82, 2.24) is 4.98 Å². The molecule has 0 bridgehead atoms. The van der Waals surface area contributed by atoms with Gasteiger partial charge < -0.3 is 9.90 Å². The topological polar surface area (TPSA) is 53.0 Å². The fourth-order valence-corrected chi connectivity index (χ4v) is 1.10. The SMILES string of the molecule is O=C([O-])c1cc(Cl)cnc1Br. The maximum atomic E-state index is 10.3. The van der Waals surface area contributed by atoms with Crippen LogP contribution in [0.2, 0.25) is 5.02 Å². The molecule has 11 heavy (non-hydrogen) atoms. The van der Waals surface area contributed by atoms with Crippen molar-refractivity contribution in [2.75, 3.05) is 0 Å². The van der Waals surface area contributed by atoms with Crippen LogP contribution in [-0.2, 0) is 0 Å². The second kappa shape index (κ2) is 3.19. The summed E-state index contributed by atoms with van der Waals surface area (Å²) >= 11 is 8.43. The van der Waals surface area contributed by atoms with E-state index in [-0.39, 0.29) is 15.2 Å². The zero-order valence-electron chi connectivity index (χ0n) is 5.17. The van der Waals surface area contributed by atoms with Crippen LogP contribution < -0.4 is 5.11 Å². The van der Waals surface area contributed by atoms with Crippen molar-refractivity contribution < 1.29 is 9.90 Å². The number of aromatic carboxylic acids is 1. The van der Waals surface area contributed by atoms with Gasteiger partial charge in [-0.2, -0.15) is 0 Å². The van der Waals surface area contributed by atoms with E-state index in [1.807, 2.05) is 0 Å². The highest BCUT2D eigenvalue weighted by atomic mass is 79.9. The van der Waals surface area contributed by atoms with Gasteiger partial charge in [-0.15, -0.1) is 0 Å². The summed E-state index contributed by atoms with van der Waals surface area (Å²) in [7, 11) is 0. The number of halogens is 2. The van der Waals surface area contributed by atoms with Gasteiger partial charge in [0.15, 0.2) is 0 Å². The van der Waals surface area contributed by atoms with E-state index in [4.69, 9.17) is 11.6 Å². The van der Waals surface area contributed by atoms with Gasteiger partial charge in [-0.25, -0.2) is 4.98 Å². The maximum absolute atomic E-state index is 10.3. The minimum atomic E-state index is -1.30. The van der Waals surface area contributed by atoms with Gasteiger partial charge in [-0.1, -0.05) is 11.6 Å². The quantitative estimate of drug-likeness (QED) is 0.679. The average molecular weight is 235 g/mol. The smallest absolute Gasteiger partial charge is 0.115 e. The summed E-state index contributed by atoms with van der Waals surface area (Å²) in [6.45, 7) is 0. The highest BCUT2D eigenvalue weighted by Crippen LogP contribution is 2.16. The molecule has 0 saturated carbocycles. The number of pyridine rings is 1. The lowest BCUT2D eigenvalue weighted by Gasteiger charge is -2.03. The summed E-state index contributed by atoms with van der Waals surface area (Å²) in [4.78, 5) is 14.0. The van der Waals surface area contributed by atoms with Crippen molar-refractivity contribution in [3.8, 4) is 0 Å². The molecule has 3 nitrogen and oxygen atoms in total. The molecule has 0 amide bonds. The molecule has 0 saturated heterocycles. The first-order valence-corrected chi connectivity index (χ1v) is 3.81. The van der Waals surface area contributed by atoms with Crippen LogP contribution >= 0.6 is 27.5 Å². The van der Waals surface area contributed by atoms with Crippen LogP contribution in [0.25, 0.3) is 0 Å². The van der Waals surface area contributed by atoms with E-state index in [9.17, 15) is 9.90 Å². The lowest BCUT2D eigenvalue weighted by atomic mass is 10.3. The number of carbonyl (C=O) groups excluding carboxylic acids is 1. The van der Waals surface area contributed by atoms with Crippen molar-refractivity contribution in [1.29, 1.82) is 0 Å². The molecule has 0 atom stereocenters. The Morgan fingerprint density at radius 1 is 1.73 bits per heavy atom. The van der Waals surface area contributed by atoms with Crippen LogP contribution in [-0.4, -0.2) is 11.0 Å². The minimum Gasteiger partial charge on any atom is -0.545 e. The first-order valence-electron chi connectivity index (χ1n) is 2.63. The molecule has 1 rings (SSSR count). The summed E-state index contributed by atoms with van der Waals surface area (Å²) in [6, 6.07) is 1.27. The van der Waals surface area contributed by atoms with E-state index in [1.54, 1.807) is 0 Å². The monoisotopic (exact) mass is 234 g/mol. The molecular weight excluding hydrogens is 233 g/mol. The molecule has 1 aromatic heterocycles. The first kappa shape index (κ1) is 8.49. The van der Waals surface area contributed by atoms with Crippen molar-refractivity contribution in [2.24, 2.45) is 0 Å². The highest BCUT2D eigenvalue weighted by Gasteiger charge is 2.01. The summed E-state index contributed by atoms with van der Waals surface area (Å²) in [6.07, 6.45) is 1.35. The summed E-state index contributed by atoms with van der Waals surface area (Å²) in [5.41, 5.74) is -0.0440. The third-order valence-electron chi connectivity index (χ3n) is 1.03. The maximum Gasteiger partial charge on any atom is 0.115 e. The number of hydrogen-bond donors (Lipinski definition) is 0. The summed E-state index contributed by atoms with van der Waals surface area (Å²) in [5.74, 6) is -1.30. The molecule has 0 N–H and O–H groups in total. The predicted molar refractivity (Wildman–Crippen MR) is 41.3 cm³/mol. The zero-order valence-corrected chi connectivity index (χ0v) is 7.52. The third kappa shape index (κ3) is 1.91. The molecule has 0 spiro atoms. The number of carboxylic acids is 1. The fourth-order valence-electron chi connectivity index (χ4n) is 0.566. The van der Waals surface area contributed by atoms with Crippen LogP contribution in [0.5, 0.6) is 0 Å². The molecule has 0 radical (unpaired) electrons. The van der Waals surface area contributed by atoms with E-state index in [1.165, 1.54) is 12.3 Å². The van der Waals surface area contributed by atoms with Crippen LogP contribution in [0.1, 0.15) is 10.4 Å². The number of carbonyl (C=O) groups is 1. The largest absolute Gasteiger partial charge is 0.545 e. The van der Waals surface area contributed by atoms with Crippen LogP contribution in [0.4, 0.5) is 0 Å². The second-order valence-electron chi connectivity index (χ2n) is 1.78. The molecule has 1 heterocycles. The van der Waals surface area contributed by atoms with Gasteiger partial charge in [0, 0.05) is 11.8 Å². The average Bonchev–Trinajstić information content (AvgIpc) is 1.94. The number of hydrogen-bond acceptors (Lipinski definition) is 3. The molecule has 0 aromatic carbocycles. The molecule has 0 aliphatic carbocycles. The fraction of sp³-hybridized carbons (Fsp3) is 0. The third-order valence-corrected chi connectivity index (χ3v) is 1.86. The Morgan fingerprint density at radius 3 is 2.82 bits per heavy atom. The van der Waals surface area contributed by atoms with Crippen LogP contribution in [0.15, 0.2) is 16.9 Å².